The van der Waals surface area contributed by atoms with E-state index < -0.39 is 23.4 Å². The Morgan fingerprint density at radius 1 is 1.00 bits per heavy atom. The molecule has 2 aromatic rings. The van der Waals surface area contributed by atoms with Gasteiger partial charge in [0.2, 0.25) is 0 Å². The number of amides is 2. The van der Waals surface area contributed by atoms with Gasteiger partial charge in [0.1, 0.15) is 15.5 Å². The summed E-state index contributed by atoms with van der Waals surface area (Å²) in [6.07, 6.45) is -4.81. The van der Waals surface area contributed by atoms with Crippen LogP contribution >= 0.6 is 11.3 Å². The first-order valence-corrected chi connectivity index (χ1v) is 10.6. The standard InChI is InChI=1S/C21H24F3N3O3S/c1-13-16(31-17(25-13)14-5-7-15(8-6-14)21(22,23)24)18(28)26-9-11-27(12-10-26)19(29)30-20(2,3)4/h5-8H,9-12H2,1-4H3. The molecular formula is C21H24F3N3O3S. The van der Waals surface area contributed by atoms with Crippen molar-refractivity contribution in [2.75, 3.05) is 26.2 Å². The van der Waals surface area contributed by atoms with Crippen molar-refractivity contribution in [2.24, 2.45) is 0 Å². The molecule has 0 saturated carbocycles. The van der Waals surface area contributed by atoms with Gasteiger partial charge in [-0.1, -0.05) is 12.1 Å². The van der Waals surface area contributed by atoms with Crippen molar-refractivity contribution >= 4 is 23.3 Å². The molecular weight excluding hydrogens is 431 g/mol. The van der Waals surface area contributed by atoms with Gasteiger partial charge in [0.05, 0.1) is 11.3 Å². The Hall–Kier alpha value is -2.62. The van der Waals surface area contributed by atoms with E-state index in [1.807, 2.05) is 0 Å². The molecule has 0 unspecified atom stereocenters. The van der Waals surface area contributed by atoms with Crippen LogP contribution in [0, 0.1) is 6.92 Å². The van der Waals surface area contributed by atoms with E-state index in [0.29, 0.717) is 47.3 Å². The van der Waals surface area contributed by atoms with Crippen molar-refractivity contribution in [1.82, 2.24) is 14.8 Å². The number of carbonyl (C=O) groups excluding carboxylic acids is 2. The molecule has 0 aliphatic carbocycles. The summed E-state index contributed by atoms with van der Waals surface area (Å²) in [6.45, 7) is 8.56. The van der Waals surface area contributed by atoms with E-state index in [9.17, 15) is 22.8 Å². The largest absolute Gasteiger partial charge is 0.444 e. The summed E-state index contributed by atoms with van der Waals surface area (Å²) in [5, 5.41) is 0.488. The number of rotatable bonds is 2. The van der Waals surface area contributed by atoms with Crippen LogP contribution in [0.25, 0.3) is 10.6 Å². The number of ether oxygens (including phenoxy) is 1. The van der Waals surface area contributed by atoms with Crippen LogP contribution < -0.4 is 0 Å². The summed E-state index contributed by atoms with van der Waals surface area (Å²) in [4.78, 5) is 33.2. The number of hydrogen-bond acceptors (Lipinski definition) is 5. The Balaban J connectivity index is 1.67. The van der Waals surface area contributed by atoms with Crippen LogP contribution in [-0.4, -0.2) is 58.6 Å². The number of aromatic nitrogens is 1. The van der Waals surface area contributed by atoms with Gasteiger partial charge in [-0.15, -0.1) is 11.3 Å². The molecule has 0 atom stereocenters. The average Bonchev–Trinajstić information content (AvgIpc) is 3.07. The molecule has 6 nitrogen and oxygen atoms in total. The van der Waals surface area contributed by atoms with Crippen molar-refractivity contribution in [1.29, 1.82) is 0 Å². The highest BCUT2D eigenvalue weighted by Gasteiger charge is 2.31. The first-order chi connectivity index (χ1) is 14.3. The predicted octanol–water partition coefficient (Wildman–Crippen LogP) is 4.83. The quantitative estimate of drug-likeness (QED) is 0.651. The Bertz CT molecular complexity index is 957. The number of carbonyl (C=O) groups is 2. The molecule has 2 heterocycles. The Labute approximate surface area is 182 Å². The van der Waals surface area contributed by atoms with Crippen molar-refractivity contribution in [3.05, 3.63) is 40.4 Å². The fourth-order valence-corrected chi connectivity index (χ4v) is 4.12. The van der Waals surface area contributed by atoms with Crippen LogP contribution in [0.3, 0.4) is 0 Å². The Morgan fingerprint density at radius 2 is 1.55 bits per heavy atom. The number of hydrogen-bond donors (Lipinski definition) is 0. The molecule has 1 saturated heterocycles. The first-order valence-electron chi connectivity index (χ1n) is 9.77. The zero-order valence-corrected chi connectivity index (χ0v) is 18.6. The van der Waals surface area contributed by atoms with Crippen LogP contribution in [0.15, 0.2) is 24.3 Å². The number of piperazine rings is 1. The van der Waals surface area contributed by atoms with E-state index in [2.05, 4.69) is 4.98 Å². The van der Waals surface area contributed by atoms with E-state index in [0.717, 1.165) is 23.5 Å². The van der Waals surface area contributed by atoms with Crippen LogP contribution in [0.5, 0.6) is 0 Å². The molecule has 1 fully saturated rings. The fourth-order valence-electron chi connectivity index (χ4n) is 3.08. The van der Waals surface area contributed by atoms with Crippen LogP contribution in [0.2, 0.25) is 0 Å². The average molecular weight is 456 g/mol. The molecule has 1 aliphatic heterocycles. The summed E-state index contributed by atoms with van der Waals surface area (Å²) in [5.41, 5.74) is -0.267. The molecule has 1 aromatic heterocycles. The van der Waals surface area contributed by atoms with Crippen molar-refractivity contribution < 1.29 is 27.5 Å². The number of alkyl halides is 3. The summed E-state index contributed by atoms with van der Waals surface area (Å²) in [6, 6.07) is 4.72. The smallest absolute Gasteiger partial charge is 0.416 e. The molecule has 168 valence electrons. The minimum atomic E-state index is -4.40. The molecule has 0 spiro atoms. The predicted molar refractivity (Wildman–Crippen MR) is 111 cm³/mol. The normalized spacial score (nSPS) is 15.2. The van der Waals surface area contributed by atoms with E-state index in [1.165, 1.54) is 12.1 Å². The van der Waals surface area contributed by atoms with E-state index in [-0.39, 0.29) is 5.91 Å². The van der Waals surface area contributed by atoms with E-state index in [1.54, 1.807) is 37.5 Å². The van der Waals surface area contributed by atoms with Gasteiger partial charge in [0.15, 0.2) is 0 Å². The van der Waals surface area contributed by atoms with Gasteiger partial charge in [-0.05, 0) is 39.8 Å². The second-order valence-corrected chi connectivity index (χ2v) is 9.27. The zero-order chi connectivity index (χ0) is 23.0. The maximum atomic E-state index is 13.0. The number of benzene rings is 1. The highest BCUT2D eigenvalue weighted by Crippen LogP contribution is 2.33. The van der Waals surface area contributed by atoms with E-state index in [4.69, 9.17) is 4.74 Å². The van der Waals surface area contributed by atoms with Gasteiger partial charge in [0.25, 0.3) is 5.91 Å². The van der Waals surface area contributed by atoms with Crippen LogP contribution in [0.1, 0.15) is 41.7 Å². The highest BCUT2D eigenvalue weighted by atomic mass is 32.1. The summed E-state index contributed by atoms with van der Waals surface area (Å²) < 4.78 is 43.7. The molecule has 0 N–H and O–H groups in total. The number of thiazole rings is 1. The monoisotopic (exact) mass is 455 g/mol. The third-order valence-corrected chi connectivity index (χ3v) is 5.86. The lowest BCUT2D eigenvalue weighted by Crippen LogP contribution is -2.51. The first kappa shape index (κ1) is 23.1. The number of halogens is 3. The van der Waals surface area contributed by atoms with Gasteiger partial charge in [0, 0.05) is 31.7 Å². The Morgan fingerprint density at radius 3 is 2.06 bits per heavy atom. The second-order valence-electron chi connectivity index (χ2n) is 8.27. The molecule has 1 aliphatic rings. The molecule has 3 rings (SSSR count). The van der Waals surface area contributed by atoms with Gasteiger partial charge in [-0.2, -0.15) is 13.2 Å². The summed E-state index contributed by atoms with van der Waals surface area (Å²) in [5.74, 6) is -0.197. The fraction of sp³-hybridized carbons (Fsp3) is 0.476. The summed E-state index contributed by atoms with van der Waals surface area (Å²) in [7, 11) is 0. The molecule has 0 radical (unpaired) electrons. The van der Waals surface area contributed by atoms with Crippen molar-refractivity contribution in [3.63, 3.8) is 0 Å². The van der Waals surface area contributed by atoms with Crippen LogP contribution in [0.4, 0.5) is 18.0 Å². The topological polar surface area (TPSA) is 62.7 Å². The zero-order valence-electron chi connectivity index (χ0n) is 17.7. The lowest BCUT2D eigenvalue weighted by molar-refractivity contribution is -0.137. The maximum absolute atomic E-state index is 13.0. The lowest BCUT2D eigenvalue weighted by atomic mass is 10.1. The highest BCUT2D eigenvalue weighted by molar-refractivity contribution is 7.17. The van der Waals surface area contributed by atoms with Gasteiger partial charge >= 0.3 is 12.3 Å². The van der Waals surface area contributed by atoms with E-state index >= 15 is 0 Å². The molecule has 1 aromatic carbocycles. The molecule has 31 heavy (non-hydrogen) atoms. The van der Waals surface area contributed by atoms with Gasteiger partial charge < -0.3 is 14.5 Å². The van der Waals surface area contributed by atoms with Crippen LogP contribution in [-0.2, 0) is 10.9 Å². The number of aryl methyl sites for hydroxylation is 1. The SMILES string of the molecule is Cc1nc(-c2ccc(C(F)(F)F)cc2)sc1C(=O)N1CCN(C(=O)OC(C)(C)C)CC1. The van der Waals surface area contributed by atoms with Crippen molar-refractivity contribution in [3.8, 4) is 10.6 Å². The van der Waals surface area contributed by atoms with Crippen molar-refractivity contribution in [2.45, 2.75) is 39.5 Å². The molecule has 2 amide bonds. The lowest BCUT2D eigenvalue weighted by Gasteiger charge is -2.35. The van der Waals surface area contributed by atoms with Gasteiger partial charge in [-0.25, -0.2) is 9.78 Å². The second kappa shape index (κ2) is 8.49. The van der Waals surface area contributed by atoms with Gasteiger partial charge in [-0.3, -0.25) is 4.79 Å². The minimum Gasteiger partial charge on any atom is -0.444 e. The Kier molecular flexibility index (Phi) is 6.31. The molecule has 10 heteroatoms. The number of nitrogens with zero attached hydrogens (tertiary/aromatic N) is 3. The summed E-state index contributed by atoms with van der Waals surface area (Å²) >= 11 is 1.15. The third-order valence-electron chi connectivity index (χ3n) is 4.67. The molecule has 0 bridgehead atoms. The maximum Gasteiger partial charge on any atom is 0.416 e. The minimum absolute atomic E-state index is 0.197. The third kappa shape index (κ3) is 5.55.